The van der Waals surface area contributed by atoms with Gasteiger partial charge in [0.1, 0.15) is 17.3 Å². The molecule has 0 aliphatic rings. The van der Waals surface area contributed by atoms with Crippen LogP contribution in [0.15, 0.2) is 34.7 Å². The molecule has 2 rings (SSSR count). The largest absolute Gasteiger partial charge is 0.461 e. The number of hydrogen-bond donors (Lipinski definition) is 0. The predicted octanol–water partition coefficient (Wildman–Crippen LogP) is 3.38. The van der Waals surface area contributed by atoms with Gasteiger partial charge in [-0.15, -0.1) is 6.42 Å². The van der Waals surface area contributed by atoms with Gasteiger partial charge in [0.2, 0.25) is 0 Å². The minimum absolute atomic E-state index is 0.251. The highest BCUT2D eigenvalue weighted by Gasteiger charge is 2.05. The van der Waals surface area contributed by atoms with Gasteiger partial charge in [-0.2, -0.15) is 0 Å². The van der Waals surface area contributed by atoms with Gasteiger partial charge in [-0.25, -0.2) is 4.39 Å². The van der Waals surface area contributed by atoms with Crippen LogP contribution in [0.3, 0.4) is 0 Å². The van der Waals surface area contributed by atoms with Crippen molar-refractivity contribution >= 4 is 0 Å². The Labute approximate surface area is 87.5 Å². The fourth-order valence-electron chi connectivity index (χ4n) is 1.38. The normalized spacial score (nSPS) is 9.93. The van der Waals surface area contributed by atoms with E-state index >= 15 is 0 Å². The third-order valence-corrected chi connectivity index (χ3v) is 2.15. The second kappa shape index (κ2) is 3.62. The molecule has 2 aromatic rings. The van der Waals surface area contributed by atoms with E-state index in [9.17, 15) is 4.39 Å². The van der Waals surface area contributed by atoms with Crippen LogP contribution in [0.5, 0.6) is 0 Å². The Bertz CT molecular complexity index is 532. The summed E-state index contributed by atoms with van der Waals surface area (Å²) >= 11 is 0. The highest BCUT2D eigenvalue weighted by atomic mass is 19.1. The summed E-state index contributed by atoms with van der Waals surface area (Å²) in [6.45, 7) is 1.86. The van der Waals surface area contributed by atoms with E-state index in [-0.39, 0.29) is 11.4 Å². The number of hydrogen-bond acceptors (Lipinski definition) is 1. The van der Waals surface area contributed by atoms with Crippen molar-refractivity contribution in [3.8, 4) is 23.7 Å². The molecule has 0 unspecified atom stereocenters. The van der Waals surface area contributed by atoms with Crippen molar-refractivity contribution in [1.82, 2.24) is 0 Å². The molecule has 74 valence electrons. The van der Waals surface area contributed by atoms with Crippen molar-refractivity contribution in [2.75, 3.05) is 0 Å². The molecule has 2 heteroatoms. The molecular formula is C13H9FO. The molecule has 1 aromatic heterocycles. The van der Waals surface area contributed by atoms with Crippen LogP contribution >= 0.6 is 0 Å². The number of benzene rings is 1. The molecule has 0 N–H and O–H groups in total. The van der Waals surface area contributed by atoms with Crippen LogP contribution in [-0.4, -0.2) is 0 Å². The Balaban J connectivity index is 2.51. The molecule has 0 saturated heterocycles. The van der Waals surface area contributed by atoms with Crippen molar-refractivity contribution in [1.29, 1.82) is 0 Å². The van der Waals surface area contributed by atoms with Crippen LogP contribution in [0, 0.1) is 25.1 Å². The molecule has 0 amide bonds. The van der Waals surface area contributed by atoms with E-state index in [2.05, 4.69) is 5.92 Å². The van der Waals surface area contributed by atoms with E-state index in [1.165, 1.54) is 6.07 Å². The van der Waals surface area contributed by atoms with Gasteiger partial charge >= 0.3 is 0 Å². The highest BCUT2D eigenvalue weighted by Crippen LogP contribution is 2.23. The summed E-state index contributed by atoms with van der Waals surface area (Å²) in [6, 6.07) is 8.29. The molecule has 1 nitrogen and oxygen atoms in total. The number of terminal acetylenes is 1. The zero-order valence-corrected chi connectivity index (χ0v) is 8.25. The molecule has 1 aromatic carbocycles. The maximum Gasteiger partial charge on any atom is 0.138 e. The molecule has 0 radical (unpaired) electrons. The Kier molecular flexibility index (Phi) is 2.31. The topological polar surface area (TPSA) is 13.1 Å². The molecule has 0 aliphatic heterocycles. The smallest absolute Gasteiger partial charge is 0.138 e. The van der Waals surface area contributed by atoms with Crippen LogP contribution in [0.1, 0.15) is 11.3 Å². The molecule has 0 atom stereocenters. The fraction of sp³-hybridized carbons (Fsp3) is 0.0769. The van der Waals surface area contributed by atoms with Gasteiger partial charge in [-0.3, -0.25) is 0 Å². The number of halogens is 1. The highest BCUT2D eigenvalue weighted by molar-refractivity contribution is 5.60. The molecule has 1 heterocycles. The quantitative estimate of drug-likeness (QED) is 0.643. The summed E-state index contributed by atoms with van der Waals surface area (Å²) in [4.78, 5) is 0. The summed E-state index contributed by atoms with van der Waals surface area (Å²) in [5.74, 6) is 3.43. The number of rotatable bonds is 1. The monoisotopic (exact) mass is 200 g/mol. The average Bonchev–Trinajstić information content (AvgIpc) is 2.66. The van der Waals surface area contributed by atoms with Crippen molar-refractivity contribution in [2.45, 2.75) is 6.92 Å². The van der Waals surface area contributed by atoms with Crippen LogP contribution in [0.2, 0.25) is 0 Å². The second-order valence-electron chi connectivity index (χ2n) is 3.25. The van der Waals surface area contributed by atoms with E-state index in [0.29, 0.717) is 5.76 Å². The van der Waals surface area contributed by atoms with E-state index in [0.717, 1.165) is 11.3 Å². The van der Waals surface area contributed by atoms with Crippen LogP contribution in [-0.2, 0) is 0 Å². The first-order valence-electron chi connectivity index (χ1n) is 4.53. The Morgan fingerprint density at radius 2 is 2.07 bits per heavy atom. The lowest BCUT2D eigenvalue weighted by molar-refractivity contribution is 0.548. The summed E-state index contributed by atoms with van der Waals surface area (Å²) < 4.78 is 18.5. The molecule has 0 aliphatic carbocycles. The van der Waals surface area contributed by atoms with Gasteiger partial charge < -0.3 is 4.42 Å². The van der Waals surface area contributed by atoms with Gasteiger partial charge in [0.15, 0.2) is 0 Å². The first kappa shape index (κ1) is 9.54. The predicted molar refractivity (Wildman–Crippen MR) is 56.8 cm³/mol. The maximum absolute atomic E-state index is 13.1. The van der Waals surface area contributed by atoms with E-state index in [1.807, 2.05) is 19.1 Å². The number of furan rings is 1. The lowest BCUT2D eigenvalue weighted by Crippen LogP contribution is -1.84. The summed E-state index contributed by atoms with van der Waals surface area (Å²) in [7, 11) is 0. The third kappa shape index (κ3) is 1.77. The van der Waals surface area contributed by atoms with Crippen molar-refractivity contribution < 1.29 is 8.81 Å². The molecule has 0 fully saturated rings. The van der Waals surface area contributed by atoms with Crippen LogP contribution < -0.4 is 0 Å². The minimum atomic E-state index is -0.385. The van der Waals surface area contributed by atoms with Crippen molar-refractivity contribution in [2.24, 2.45) is 0 Å². The van der Waals surface area contributed by atoms with Crippen LogP contribution in [0.25, 0.3) is 11.3 Å². The van der Waals surface area contributed by atoms with E-state index in [4.69, 9.17) is 10.8 Å². The first-order valence-corrected chi connectivity index (χ1v) is 4.53. The van der Waals surface area contributed by atoms with Crippen molar-refractivity contribution in [3.63, 3.8) is 0 Å². The molecular weight excluding hydrogens is 191 g/mol. The van der Waals surface area contributed by atoms with Gasteiger partial charge in [-0.1, -0.05) is 5.92 Å². The van der Waals surface area contributed by atoms with Gasteiger partial charge in [0.05, 0.1) is 5.56 Å². The van der Waals surface area contributed by atoms with E-state index < -0.39 is 0 Å². The standard InChI is InChI=1S/C13H9FO/c1-3-10-8-11(5-6-12(10)14)13-7-4-9(2)15-13/h1,4-8H,2H3. The van der Waals surface area contributed by atoms with Gasteiger partial charge in [0, 0.05) is 5.56 Å². The van der Waals surface area contributed by atoms with Gasteiger partial charge in [-0.05, 0) is 37.3 Å². The molecule has 0 spiro atoms. The average molecular weight is 200 g/mol. The minimum Gasteiger partial charge on any atom is -0.461 e. The zero-order valence-electron chi connectivity index (χ0n) is 8.25. The number of aryl methyl sites for hydroxylation is 1. The van der Waals surface area contributed by atoms with Crippen LogP contribution in [0.4, 0.5) is 4.39 Å². The third-order valence-electron chi connectivity index (χ3n) is 2.15. The van der Waals surface area contributed by atoms with E-state index in [1.54, 1.807) is 12.1 Å². The maximum atomic E-state index is 13.1. The zero-order chi connectivity index (χ0) is 10.8. The lowest BCUT2D eigenvalue weighted by Gasteiger charge is -1.99. The molecule has 0 bridgehead atoms. The van der Waals surface area contributed by atoms with Gasteiger partial charge in [0.25, 0.3) is 0 Å². The lowest BCUT2D eigenvalue weighted by atomic mass is 10.1. The Hall–Kier alpha value is -2.01. The molecule has 15 heavy (non-hydrogen) atoms. The summed E-state index contributed by atoms with van der Waals surface area (Å²) in [6.07, 6.45) is 5.18. The van der Waals surface area contributed by atoms with Crippen molar-refractivity contribution in [3.05, 3.63) is 47.5 Å². The fourth-order valence-corrected chi connectivity index (χ4v) is 1.38. The Morgan fingerprint density at radius 3 is 2.67 bits per heavy atom. The second-order valence-corrected chi connectivity index (χ2v) is 3.25. The summed E-state index contributed by atoms with van der Waals surface area (Å²) in [5.41, 5.74) is 1.04. The SMILES string of the molecule is C#Cc1cc(-c2ccc(C)o2)ccc1F. The summed E-state index contributed by atoms with van der Waals surface area (Å²) in [5, 5.41) is 0. The Morgan fingerprint density at radius 1 is 1.27 bits per heavy atom. The first-order chi connectivity index (χ1) is 7.20. The molecule has 0 saturated carbocycles.